The van der Waals surface area contributed by atoms with Gasteiger partial charge >= 0.3 is 0 Å². The highest BCUT2D eigenvalue weighted by Crippen LogP contribution is 2.37. The lowest BCUT2D eigenvalue weighted by Gasteiger charge is -2.36. The Hall–Kier alpha value is -2.94. The molecule has 34 heavy (non-hydrogen) atoms. The second-order valence-electron chi connectivity index (χ2n) is 9.19. The second-order valence-corrected chi connectivity index (χ2v) is 11.3. The number of para-hydroxylation sites is 1. The third kappa shape index (κ3) is 4.53. The van der Waals surface area contributed by atoms with Crippen molar-refractivity contribution < 1.29 is 22.4 Å². The molecule has 0 N–H and O–H groups in total. The fraction of sp³-hybridized carbons (Fsp3) is 0.440. The highest BCUT2D eigenvalue weighted by Gasteiger charge is 2.36. The van der Waals surface area contributed by atoms with Gasteiger partial charge in [-0.2, -0.15) is 0 Å². The standard InChI is InChI=1S/C25H28FN3O4S/c26-21-3-1-2-4-23(21)27-12-14-28(15-13-27)24(30)10-16-34(32,33)20-7-8-22-19(17-20)9-11-29(22)25(31)18-5-6-18/h1-4,7-8,17-18H,5-6,9-16H2. The largest absolute Gasteiger partial charge is 0.366 e. The predicted molar refractivity (Wildman–Crippen MR) is 127 cm³/mol. The van der Waals surface area contributed by atoms with E-state index < -0.39 is 9.84 Å². The van der Waals surface area contributed by atoms with Gasteiger partial charge in [0.1, 0.15) is 5.82 Å². The number of rotatable bonds is 6. The Morgan fingerprint density at radius 1 is 0.941 bits per heavy atom. The normalized spacial score (nSPS) is 18.2. The molecule has 0 radical (unpaired) electrons. The Bertz CT molecular complexity index is 1220. The zero-order valence-electron chi connectivity index (χ0n) is 19.0. The zero-order chi connectivity index (χ0) is 23.9. The van der Waals surface area contributed by atoms with Crippen molar-refractivity contribution in [2.75, 3.05) is 48.3 Å². The number of hydrogen-bond donors (Lipinski definition) is 0. The summed E-state index contributed by atoms with van der Waals surface area (Å²) in [6.07, 6.45) is 2.42. The Balaban J connectivity index is 1.17. The van der Waals surface area contributed by atoms with E-state index in [0.29, 0.717) is 44.8 Å². The molecule has 1 aliphatic carbocycles. The van der Waals surface area contributed by atoms with Crippen LogP contribution in [0, 0.1) is 11.7 Å². The molecule has 3 aliphatic rings. The second kappa shape index (κ2) is 9.02. The maximum Gasteiger partial charge on any atom is 0.230 e. The third-order valence-corrected chi connectivity index (χ3v) is 8.62. The van der Waals surface area contributed by atoms with Crippen LogP contribution >= 0.6 is 0 Å². The summed E-state index contributed by atoms with van der Waals surface area (Å²) >= 11 is 0. The average molecular weight is 486 g/mol. The van der Waals surface area contributed by atoms with E-state index in [0.717, 1.165) is 24.1 Å². The zero-order valence-corrected chi connectivity index (χ0v) is 19.8. The molecule has 2 fully saturated rings. The van der Waals surface area contributed by atoms with Gasteiger partial charge in [0, 0.05) is 50.7 Å². The number of carbonyl (C=O) groups excluding carboxylic acids is 2. The van der Waals surface area contributed by atoms with Crippen molar-refractivity contribution in [2.45, 2.75) is 30.6 Å². The molecule has 2 aromatic rings. The maximum atomic E-state index is 14.0. The molecular weight excluding hydrogens is 457 g/mol. The quantitative estimate of drug-likeness (QED) is 0.629. The number of halogens is 1. The van der Waals surface area contributed by atoms with Crippen molar-refractivity contribution in [3.63, 3.8) is 0 Å². The summed E-state index contributed by atoms with van der Waals surface area (Å²) in [6.45, 7) is 2.44. The lowest BCUT2D eigenvalue weighted by molar-refractivity contribution is -0.131. The molecule has 2 aliphatic heterocycles. The van der Waals surface area contributed by atoms with Gasteiger partial charge in [0.25, 0.3) is 0 Å². The molecule has 2 amide bonds. The highest BCUT2D eigenvalue weighted by molar-refractivity contribution is 7.91. The number of hydrogen-bond acceptors (Lipinski definition) is 5. The molecule has 0 unspecified atom stereocenters. The first-order chi connectivity index (χ1) is 16.3. The summed E-state index contributed by atoms with van der Waals surface area (Å²) in [4.78, 5) is 30.6. The van der Waals surface area contributed by atoms with Crippen LogP contribution in [0.2, 0.25) is 0 Å². The van der Waals surface area contributed by atoms with Crippen LogP contribution in [-0.4, -0.2) is 63.6 Å². The molecule has 0 spiro atoms. The van der Waals surface area contributed by atoms with Crippen LogP contribution in [0.5, 0.6) is 0 Å². The molecule has 5 rings (SSSR count). The van der Waals surface area contributed by atoms with E-state index in [1.54, 1.807) is 46.2 Å². The van der Waals surface area contributed by atoms with Crippen molar-refractivity contribution in [3.8, 4) is 0 Å². The van der Waals surface area contributed by atoms with Crippen LogP contribution in [0.3, 0.4) is 0 Å². The number of sulfone groups is 1. The topological polar surface area (TPSA) is 78.0 Å². The van der Waals surface area contributed by atoms with Gasteiger partial charge in [-0.1, -0.05) is 12.1 Å². The van der Waals surface area contributed by atoms with E-state index in [1.807, 2.05) is 4.90 Å². The van der Waals surface area contributed by atoms with E-state index in [4.69, 9.17) is 0 Å². The fourth-order valence-corrected chi connectivity index (χ4v) is 6.03. The summed E-state index contributed by atoms with van der Waals surface area (Å²) in [5.41, 5.74) is 2.19. The van der Waals surface area contributed by atoms with Crippen LogP contribution in [0.25, 0.3) is 0 Å². The van der Waals surface area contributed by atoms with Gasteiger partial charge in [-0.15, -0.1) is 0 Å². The van der Waals surface area contributed by atoms with Gasteiger partial charge in [-0.25, -0.2) is 12.8 Å². The third-order valence-electron chi connectivity index (χ3n) is 6.91. The lowest BCUT2D eigenvalue weighted by Crippen LogP contribution is -2.49. The van der Waals surface area contributed by atoms with E-state index in [1.165, 1.54) is 6.07 Å². The fourth-order valence-electron chi connectivity index (χ4n) is 4.75. The number of carbonyl (C=O) groups is 2. The Morgan fingerprint density at radius 3 is 2.38 bits per heavy atom. The number of amides is 2. The minimum Gasteiger partial charge on any atom is -0.366 e. The molecule has 7 nitrogen and oxygen atoms in total. The van der Waals surface area contributed by atoms with E-state index in [-0.39, 0.29) is 40.6 Å². The van der Waals surface area contributed by atoms with E-state index in [2.05, 4.69) is 0 Å². The maximum absolute atomic E-state index is 14.0. The molecule has 180 valence electrons. The molecular formula is C25H28FN3O4S. The summed E-state index contributed by atoms with van der Waals surface area (Å²) < 4.78 is 39.9. The Kier molecular flexibility index (Phi) is 6.06. The van der Waals surface area contributed by atoms with Crippen molar-refractivity contribution in [1.82, 2.24) is 4.90 Å². The van der Waals surface area contributed by atoms with Gasteiger partial charge < -0.3 is 14.7 Å². The number of fused-ring (bicyclic) bond motifs is 1. The smallest absolute Gasteiger partial charge is 0.230 e. The molecule has 9 heteroatoms. The molecule has 1 saturated heterocycles. The van der Waals surface area contributed by atoms with Gasteiger partial charge in [0.05, 0.1) is 16.3 Å². The number of piperazine rings is 1. The molecule has 0 aromatic heterocycles. The van der Waals surface area contributed by atoms with E-state index in [9.17, 15) is 22.4 Å². The number of benzene rings is 2. The lowest BCUT2D eigenvalue weighted by atomic mass is 10.2. The Labute approximate surface area is 199 Å². The van der Waals surface area contributed by atoms with Gasteiger partial charge in [-0.05, 0) is 55.2 Å². The van der Waals surface area contributed by atoms with Crippen LogP contribution in [0.15, 0.2) is 47.4 Å². The number of nitrogens with zero attached hydrogens (tertiary/aromatic N) is 3. The molecule has 0 atom stereocenters. The minimum absolute atomic E-state index is 0.0919. The first kappa shape index (κ1) is 22.8. The molecule has 0 bridgehead atoms. The van der Waals surface area contributed by atoms with Gasteiger partial charge in [-0.3, -0.25) is 9.59 Å². The summed E-state index contributed by atoms with van der Waals surface area (Å²) in [5.74, 6) is -0.506. The molecule has 2 heterocycles. The first-order valence-electron chi connectivity index (χ1n) is 11.8. The molecule has 2 aromatic carbocycles. The predicted octanol–water partition coefficient (Wildman–Crippen LogP) is 2.64. The molecule has 1 saturated carbocycles. The highest BCUT2D eigenvalue weighted by atomic mass is 32.2. The monoisotopic (exact) mass is 485 g/mol. The van der Waals surface area contributed by atoms with Crippen LogP contribution in [0.4, 0.5) is 15.8 Å². The SMILES string of the molecule is O=C(CCS(=O)(=O)c1ccc2c(c1)CCN2C(=O)C1CC1)N1CCN(c2ccccc2F)CC1. The minimum atomic E-state index is -3.63. The van der Waals surface area contributed by atoms with Crippen molar-refractivity contribution in [1.29, 1.82) is 0 Å². The first-order valence-corrected chi connectivity index (χ1v) is 13.4. The van der Waals surface area contributed by atoms with Crippen molar-refractivity contribution >= 4 is 33.0 Å². The van der Waals surface area contributed by atoms with Crippen LogP contribution in [0.1, 0.15) is 24.8 Å². The van der Waals surface area contributed by atoms with Gasteiger partial charge in [0.2, 0.25) is 11.8 Å². The summed E-state index contributed by atoms with van der Waals surface area (Å²) in [5, 5.41) is 0. The van der Waals surface area contributed by atoms with Crippen LogP contribution < -0.4 is 9.80 Å². The summed E-state index contributed by atoms with van der Waals surface area (Å²) in [6, 6.07) is 11.5. The van der Waals surface area contributed by atoms with Gasteiger partial charge in [0.15, 0.2) is 9.84 Å². The van der Waals surface area contributed by atoms with E-state index >= 15 is 0 Å². The Morgan fingerprint density at radius 2 is 1.68 bits per heavy atom. The number of anilines is 2. The van der Waals surface area contributed by atoms with Crippen LogP contribution in [-0.2, 0) is 25.8 Å². The van der Waals surface area contributed by atoms with Crippen molar-refractivity contribution in [3.05, 3.63) is 53.8 Å². The average Bonchev–Trinajstić information content (AvgIpc) is 3.61. The summed E-state index contributed by atoms with van der Waals surface area (Å²) in [7, 11) is -3.63. The van der Waals surface area contributed by atoms with Crippen molar-refractivity contribution in [2.24, 2.45) is 5.92 Å².